The monoisotopic (exact) mass is 394 g/mol. The molecule has 6 nitrogen and oxygen atoms in total. The van der Waals surface area contributed by atoms with Crippen LogP contribution < -0.4 is 4.90 Å². The third-order valence-electron chi connectivity index (χ3n) is 5.08. The van der Waals surface area contributed by atoms with Crippen molar-refractivity contribution in [1.29, 1.82) is 0 Å². The quantitative estimate of drug-likeness (QED) is 0.473. The van der Waals surface area contributed by atoms with E-state index < -0.39 is 5.97 Å². The molecule has 0 bridgehead atoms. The van der Waals surface area contributed by atoms with Crippen molar-refractivity contribution in [2.75, 3.05) is 23.0 Å². The first-order chi connectivity index (χ1) is 12.8. The average Bonchev–Trinajstić information content (AvgIpc) is 2.64. The zero-order valence-corrected chi connectivity index (χ0v) is 17.2. The number of aliphatic carboxylic acids is 1. The van der Waals surface area contributed by atoms with Gasteiger partial charge in [0.25, 0.3) is 5.69 Å². The van der Waals surface area contributed by atoms with Crippen LogP contribution in [0.3, 0.4) is 0 Å². The molecule has 1 aliphatic rings. The second-order valence-electron chi connectivity index (χ2n) is 7.60. The summed E-state index contributed by atoms with van der Waals surface area (Å²) in [6, 6.07) is 5.63. The maximum absolute atomic E-state index is 11.8. The lowest BCUT2D eigenvalue weighted by Gasteiger charge is -2.37. The molecule has 1 aliphatic heterocycles. The van der Waals surface area contributed by atoms with Crippen molar-refractivity contribution < 1.29 is 14.8 Å². The van der Waals surface area contributed by atoms with Gasteiger partial charge in [0, 0.05) is 18.7 Å². The number of carbonyl (C=O) groups is 1. The van der Waals surface area contributed by atoms with Gasteiger partial charge in [-0.2, -0.15) is 11.8 Å². The number of hydrogen-bond acceptors (Lipinski definition) is 5. The SMILES string of the molecule is CCC(CC(=O)O)c1ccc(N(CC(C)C)C2CCSCC2)c([N+](=O)[O-])c1. The van der Waals surface area contributed by atoms with Crippen LogP contribution in [0.4, 0.5) is 11.4 Å². The van der Waals surface area contributed by atoms with Gasteiger partial charge in [-0.05, 0) is 54.2 Å². The molecule has 1 saturated heterocycles. The number of thioether (sulfide) groups is 1. The Morgan fingerprint density at radius 2 is 2.04 bits per heavy atom. The average molecular weight is 395 g/mol. The van der Waals surface area contributed by atoms with Gasteiger partial charge in [0.15, 0.2) is 0 Å². The summed E-state index contributed by atoms with van der Waals surface area (Å²) in [4.78, 5) is 24.8. The van der Waals surface area contributed by atoms with E-state index in [1.807, 2.05) is 30.8 Å². The third kappa shape index (κ3) is 5.86. The smallest absolute Gasteiger partial charge is 0.303 e. The molecule has 2 rings (SSSR count). The maximum atomic E-state index is 11.8. The van der Waals surface area contributed by atoms with Gasteiger partial charge in [-0.25, -0.2) is 0 Å². The van der Waals surface area contributed by atoms with E-state index >= 15 is 0 Å². The standard InChI is InChI=1S/C20H30N2O4S/c1-4-15(12-20(23)24)16-5-6-18(19(11-16)22(25)26)21(13-14(2)3)17-7-9-27-10-8-17/h5-6,11,14-15,17H,4,7-10,12-13H2,1-3H3,(H,23,24). The zero-order valence-electron chi connectivity index (χ0n) is 16.4. The van der Waals surface area contributed by atoms with E-state index in [9.17, 15) is 14.9 Å². The molecule has 1 aromatic rings. The first-order valence-electron chi connectivity index (χ1n) is 9.68. The Balaban J connectivity index is 2.42. The molecule has 27 heavy (non-hydrogen) atoms. The molecule has 1 aromatic carbocycles. The fourth-order valence-corrected chi connectivity index (χ4v) is 4.81. The minimum Gasteiger partial charge on any atom is -0.481 e. The first-order valence-corrected chi connectivity index (χ1v) is 10.8. The van der Waals surface area contributed by atoms with Crippen LogP contribution in [-0.2, 0) is 4.79 Å². The van der Waals surface area contributed by atoms with Crippen molar-refractivity contribution in [2.45, 2.75) is 58.4 Å². The Labute approximate surface area is 165 Å². The Morgan fingerprint density at radius 3 is 2.56 bits per heavy atom. The van der Waals surface area contributed by atoms with E-state index in [1.54, 1.807) is 6.07 Å². The molecule has 0 amide bonds. The molecule has 0 spiro atoms. The topological polar surface area (TPSA) is 83.7 Å². The molecule has 1 unspecified atom stereocenters. The lowest BCUT2D eigenvalue weighted by molar-refractivity contribution is -0.384. The van der Waals surface area contributed by atoms with Crippen molar-refractivity contribution in [3.8, 4) is 0 Å². The summed E-state index contributed by atoms with van der Waals surface area (Å²) in [5.74, 6) is 1.48. The van der Waals surface area contributed by atoms with Crippen LogP contribution in [0, 0.1) is 16.0 Å². The normalized spacial score (nSPS) is 16.3. The molecule has 150 valence electrons. The van der Waals surface area contributed by atoms with E-state index in [0.717, 1.165) is 36.5 Å². The predicted molar refractivity (Wildman–Crippen MR) is 111 cm³/mol. The molecule has 0 aromatic heterocycles. The van der Waals surface area contributed by atoms with E-state index in [-0.39, 0.29) is 22.9 Å². The third-order valence-corrected chi connectivity index (χ3v) is 6.13. The van der Waals surface area contributed by atoms with Gasteiger partial charge >= 0.3 is 5.97 Å². The van der Waals surface area contributed by atoms with E-state index in [1.165, 1.54) is 0 Å². The summed E-state index contributed by atoms with van der Waals surface area (Å²) >= 11 is 1.94. The van der Waals surface area contributed by atoms with Crippen LogP contribution in [0.5, 0.6) is 0 Å². The summed E-state index contributed by atoms with van der Waals surface area (Å²) in [7, 11) is 0. The Kier molecular flexibility index (Phi) is 7.95. The Morgan fingerprint density at radius 1 is 1.37 bits per heavy atom. The number of anilines is 1. The van der Waals surface area contributed by atoms with Crippen molar-refractivity contribution in [3.05, 3.63) is 33.9 Å². The Bertz CT molecular complexity index is 659. The highest BCUT2D eigenvalue weighted by molar-refractivity contribution is 7.99. The number of carboxylic acids is 1. The number of rotatable bonds is 9. The predicted octanol–water partition coefficient (Wildman–Crippen LogP) is 4.92. The lowest BCUT2D eigenvalue weighted by Crippen LogP contribution is -2.40. The summed E-state index contributed by atoms with van der Waals surface area (Å²) in [5.41, 5.74) is 1.49. The Hall–Kier alpha value is -1.76. The number of carboxylic acid groups (broad SMARTS) is 1. The highest BCUT2D eigenvalue weighted by Gasteiger charge is 2.29. The highest BCUT2D eigenvalue weighted by atomic mass is 32.2. The molecule has 0 aliphatic carbocycles. The molecule has 0 radical (unpaired) electrons. The van der Waals surface area contributed by atoms with E-state index in [0.29, 0.717) is 24.1 Å². The van der Waals surface area contributed by atoms with Crippen LogP contribution in [-0.4, -0.2) is 40.1 Å². The van der Waals surface area contributed by atoms with Gasteiger partial charge in [0.2, 0.25) is 0 Å². The van der Waals surface area contributed by atoms with Crippen LogP contribution in [0.2, 0.25) is 0 Å². The fraction of sp³-hybridized carbons (Fsp3) is 0.650. The molecule has 1 atom stereocenters. The minimum atomic E-state index is -0.880. The van der Waals surface area contributed by atoms with Gasteiger partial charge in [-0.1, -0.05) is 26.8 Å². The molecular weight excluding hydrogens is 364 g/mol. The molecule has 1 fully saturated rings. The summed E-state index contributed by atoms with van der Waals surface area (Å²) in [6.07, 6.45) is 2.70. The molecule has 7 heteroatoms. The lowest BCUT2D eigenvalue weighted by atomic mass is 9.92. The van der Waals surface area contributed by atoms with Crippen LogP contribution in [0.1, 0.15) is 57.9 Å². The molecule has 1 heterocycles. The van der Waals surface area contributed by atoms with Gasteiger partial charge in [0.1, 0.15) is 5.69 Å². The minimum absolute atomic E-state index is 0.0114. The van der Waals surface area contributed by atoms with Crippen molar-refractivity contribution in [2.24, 2.45) is 5.92 Å². The second-order valence-corrected chi connectivity index (χ2v) is 8.82. The number of benzene rings is 1. The molecule has 0 saturated carbocycles. The van der Waals surface area contributed by atoms with E-state index in [2.05, 4.69) is 18.7 Å². The van der Waals surface area contributed by atoms with E-state index in [4.69, 9.17) is 5.11 Å². The van der Waals surface area contributed by atoms with Crippen LogP contribution in [0.25, 0.3) is 0 Å². The van der Waals surface area contributed by atoms with Crippen LogP contribution in [0.15, 0.2) is 18.2 Å². The molecule has 1 N–H and O–H groups in total. The second kappa shape index (κ2) is 9.97. The van der Waals surface area contributed by atoms with Crippen molar-refractivity contribution in [1.82, 2.24) is 0 Å². The van der Waals surface area contributed by atoms with Crippen molar-refractivity contribution >= 4 is 29.1 Å². The number of nitro groups is 1. The van der Waals surface area contributed by atoms with Crippen LogP contribution >= 0.6 is 11.8 Å². The summed E-state index contributed by atoms with van der Waals surface area (Å²) in [5, 5.41) is 21.0. The zero-order chi connectivity index (χ0) is 20.0. The highest BCUT2D eigenvalue weighted by Crippen LogP contribution is 2.37. The van der Waals surface area contributed by atoms with Gasteiger partial charge in [-0.3, -0.25) is 14.9 Å². The van der Waals surface area contributed by atoms with Crippen molar-refractivity contribution in [3.63, 3.8) is 0 Å². The maximum Gasteiger partial charge on any atom is 0.303 e. The number of nitrogens with zero attached hydrogens (tertiary/aromatic N) is 2. The summed E-state index contributed by atoms with van der Waals surface area (Å²) < 4.78 is 0. The largest absolute Gasteiger partial charge is 0.481 e. The van der Waals surface area contributed by atoms with Gasteiger partial charge < -0.3 is 10.0 Å². The number of nitro benzene ring substituents is 1. The molecular formula is C20H30N2O4S. The fourth-order valence-electron chi connectivity index (χ4n) is 3.73. The van der Waals surface area contributed by atoms with Gasteiger partial charge in [0.05, 0.1) is 11.3 Å². The first kappa shape index (κ1) is 21.5. The summed E-state index contributed by atoms with van der Waals surface area (Å²) in [6.45, 7) is 6.95. The van der Waals surface area contributed by atoms with Gasteiger partial charge in [-0.15, -0.1) is 0 Å². The number of hydrogen-bond donors (Lipinski definition) is 1.